The van der Waals surface area contributed by atoms with Crippen LogP contribution in [0.2, 0.25) is 0 Å². The SMILES string of the molecule is COC(C(=O)NC1(C(=O)O)CCC(C)CC1)c1ccccc1. The highest BCUT2D eigenvalue weighted by Crippen LogP contribution is 2.33. The van der Waals surface area contributed by atoms with Gasteiger partial charge < -0.3 is 15.2 Å². The van der Waals surface area contributed by atoms with Gasteiger partial charge in [-0.2, -0.15) is 0 Å². The van der Waals surface area contributed by atoms with Gasteiger partial charge in [0.25, 0.3) is 5.91 Å². The Balaban J connectivity index is 2.15. The number of rotatable bonds is 5. The minimum absolute atomic E-state index is 0.398. The smallest absolute Gasteiger partial charge is 0.329 e. The number of carbonyl (C=O) groups excluding carboxylic acids is 1. The third-order valence-electron chi connectivity index (χ3n) is 4.48. The Morgan fingerprint density at radius 2 is 1.86 bits per heavy atom. The van der Waals surface area contributed by atoms with Crippen molar-refractivity contribution in [2.45, 2.75) is 44.2 Å². The molecule has 0 aliphatic heterocycles. The van der Waals surface area contributed by atoms with Gasteiger partial charge in [0.2, 0.25) is 0 Å². The van der Waals surface area contributed by atoms with Crippen LogP contribution in [0.15, 0.2) is 30.3 Å². The van der Waals surface area contributed by atoms with Crippen molar-refractivity contribution in [3.8, 4) is 0 Å². The number of carboxylic acid groups (broad SMARTS) is 1. The van der Waals surface area contributed by atoms with Crippen molar-refractivity contribution in [3.05, 3.63) is 35.9 Å². The van der Waals surface area contributed by atoms with Gasteiger partial charge in [-0.25, -0.2) is 4.79 Å². The molecule has 0 heterocycles. The first-order chi connectivity index (χ1) is 10.5. The van der Waals surface area contributed by atoms with Crippen molar-refractivity contribution in [1.29, 1.82) is 0 Å². The molecule has 1 unspecified atom stereocenters. The fourth-order valence-corrected chi connectivity index (χ4v) is 2.97. The Morgan fingerprint density at radius 3 is 2.36 bits per heavy atom. The molecule has 1 amide bonds. The molecule has 1 aromatic rings. The fourth-order valence-electron chi connectivity index (χ4n) is 2.97. The molecular formula is C17H23NO4. The van der Waals surface area contributed by atoms with Gasteiger partial charge in [-0.3, -0.25) is 4.79 Å². The summed E-state index contributed by atoms with van der Waals surface area (Å²) in [7, 11) is 1.45. The van der Waals surface area contributed by atoms with Crippen molar-refractivity contribution >= 4 is 11.9 Å². The average molecular weight is 305 g/mol. The van der Waals surface area contributed by atoms with Gasteiger partial charge in [-0.1, -0.05) is 37.3 Å². The lowest BCUT2D eigenvalue weighted by molar-refractivity contribution is -0.151. The number of amides is 1. The van der Waals surface area contributed by atoms with Crippen molar-refractivity contribution in [3.63, 3.8) is 0 Å². The molecule has 0 bridgehead atoms. The molecule has 1 atom stereocenters. The number of nitrogens with one attached hydrogen (secondary N) is 1. The van der Waals surface area contributed by atoms with Crippen molar-refractivity contribution in [2.24, 2.45) is 5.92 Å². The molecule has 0 spiro atoms. The topological polar surface area (TPSA) is 75.6 Å². The van der Waals surface area contributed by atoms with E-state index in [9.17, 15) is 14.7 Å². The lowest BCUT2D eigenvalue weighted by Gasteiger charge is -2.37. The van der Waals surface area contributed by atoms with Crippen LogP contribution < -0.4 is 5.32 Å². The number of carbonyl (C=O) groups is 2. The van der Waals surface area contributed by atoms with Crippen LogP contribution in [0.25, 0.3) is 0 Å². The normalized spacial score (nSPS) is 26.2. The molecule has 0 radical (unpaired) electrons. The fraction of sp³-hybridized carbons (Fsp3) is 0.529. The first kappa shape index (κ1) is 16.5. The molecule has 0 saturated heterocycles. The number of carboxylic acids is 1. The second-order valence-corrected chi connectivity index (χ2v) is 6.09. The predicted octanol–water partition coefficient (Wildman–Crippen LogP) is 2.52. The van der Waals surface area contributed by atoms with Crippen LogP contribution in [0.4, 0.5) is 0 Å². The van der Waals surface area contributed by atoms with Crippen LogP contribution in [0.3, 0.4) is 0 Å². The second kappa shape index (κ2) is 6.92. The summed E-state index contributed by atoms with van der Waals surface area (Å²) in [6.45, 7) is 2.11. The molecule has 2 rings (SSSR count). The van der Waals surface area contributed by atoms with E-state index in [2.05, 4.69) is 12.2 Å². The molecule has 2 N–H and O–H groups in total. The highest BCUT2D eigenvalue weighted by atomic mass is 16.5. The second-order valence-electron chi connectivity index (χ2n) is 6.09. The van der Waals surface area contributed by atoms with Crippen molar-refractivity contribution < 1.29 is 19.4 Å². The average Bonchev–Trinajstić information content (AvgIpc) is 2.51. The minimum atomic E-state index is -1.17. The Bertz CT molecular complexity index is 521. The summed E-state index contributed by atoms with van der Waals surface area (Å²) in [5, 5.41) is 12.3. The maximum absolute atomic E-state index is 12.5. The lowest BCUT2D eigenvalue weighted by atomic mass is 9.77. The van der Waals surface area contributed by atoms with Crippen LogP contribution in [0.1, 0.15) is 44.3 Å². The Hall–Kier alpha value is -1.88. The molecule has 5 heteroatoms. The van der Waals surface area contributed by atoms with E-state index in [0.717, 1.165) is 12.8 Å². The van der Waals surface area contributed by atoms with Crippen LogP contribution >= 0.6 is 0 Å². The van der Waals surface area contributed by atoms with Crippen LogP contribution in [-0.2, 0) is 14.3 Å². The van der Waals surface area contributed by atoms with E-state index in [1.807, 2.05) is 18.2 Å². The summed E-state index contributed by atoms with van der Waals surface area (Å²) in [5.41, 5.74) is -0.456. The summed E-state index contributed by atoms with van der Waals surface area (Å²) < 4.78 is 5.28. The highest BCUT2D eigenvalue weighted by Gasteiger charge is 2.43. The maximum atomic E-state index is 12.5. The number of aliphatic carboxylic acids is 1. The van der Waals surface area contributed by atoms with Gasteiger partial charge >= 0.3 is 5.97 Å². The molecule has 5 nitrogen and oxygen atoms in total. The Morgan fingerprint density at radius 1 is 1.27 bits per heavy atom. The molecule has 0 aromatic heterocycles. The summed E-state index contributed by atoms with van der Waals surface area (Å²) in [4.78, 5) is 24.2. The zero-order valence-electron chi connectivity index (χ0n) is 13.0. The molecule has 22 heavy (non-hydrogen) atoms. The van der Waals surface area contributed by atoms with Crippen LogP contribution in [0, 0.1) is 5.92 Å². The van der Waals surface area contributed by atoms with E-state index in [1.165, 1.54) is 7.11 Å². The van der Waals surface area contributed by atoms with Crippen molar-refractivity contribution in [2.75, 3.05) is 7.11 Å². The van der Waals surface area contributed by atoms with Gasteiger partial charge in [0.05, 0.1) is 0 Å². The van der Waals surface area contributed by atoms with Crippen LogP contribution in [-0.4, -0.2) is 29.6 Å². The molecule has 1 aliphatic rings. The molecule has 1 saturated carbocycles. The van der Waals surface area contributed by atoms with Gasteiger partial charge in [0.15, 0.2) is 6.10 Å². The third kappa shape index (κ3) is 3.47. The first-order valence-electron chi connectivity index (χ1n) is 7.61. The summed E-state index contributed by atoms with van der Waals surface area (Å²) in [6.07, 6.45) is 1.73. The molecule has 120 valence electrons. The van der Waals surface area contributed by atoms with E-state index in [0.29, 0.717) is 24.3 Å². The van der Waals surface area contributed by atoms with E-state index < -0.39 is 23.5 Å². The van der Waals surface area contributed by atoms with Gasteiger partial charge in [0.1, 0.15) is 5.54 Å². The largest absolute Gasteiger partial charge is 0.480 e. The number of hydrogen-bond donors (Lipinski definition) is 2. The number of hydrogen-bond acceptors (Lipinski definition) is 3. The molecular weight excluding hydrogens is 282 g/mol. The van der Waals surface area contributed by atoms with E-state index >= 15 is 0 Å². The monoisotopic (exact) mass is 305 g/mol. The van der Waals surface area contributed by atoms with Gasteiger partial charge in [-0.05, 0) is 37.2 Å². The van der Waals surface area contributed by atoms with E-state index in [1.54, 1.807) is 12.1 Å². The number of methoxy groups -OCH3 is 1. The Labute approximate surface area is 130 Å². The molecule has 1 aliphatic carbocycles. The predicted molar refractivity (Wildman–Crippen MR) is 82.3 cm³/mol. The molecule has 1 fully saturated rings. The zero-order chi connectivity index (χ0) is 16.2. The van der Waals surface area contributed by atoms with Gasteiger partial charge in [-0.15, -0.1) is 0 Å². The highest BCUT2D eigenvalue weighted by molar-refractivity contribution is 5.89. The Kier molecular flexibility index (Phi) is 5.19. The first-order valence-corrected chi connectivity index (χ1v) is 7.61. The van der Waals surface area contributed by atoms with E-state index in [4.69, 9.17) is 4.74 Å². The standard InChI is InChI=1S/C17H23NO4/c1-12-8-10-17(11-9-12,16(20)21)18-15(19)14(22-2)13-6-4-3-5-7-13/h3-7,12,14H,8-11H2,1-2H3,(H,18,19)(H,20,21). The number of benzene rings is 1. The maximum Gasteiger partial charge on any atom is 0.329 e. The third-order valence-corrected chi connectivity index (χ3v) is 4.48. The van der Waals surface area contributed by atoms with Gasteiger partial charge in [0, 0.05) is 7.11 Å². The van der Waals surface area contributed by atoms with Crippen LogP contribution in [0.5, 0.6) is 0 Å². The minimum Gasteiger partial charge on any atom is -0.480 e. The zero-order valence-corrected chi connectivity index (χ0v) is 13.0. The van der Waals surface area contributed by atoms with E-state index in [-0.39, 0.29) is 0 Å². The summed E-state index contributed by atoms with van der Waals surface area (Å²) in [6, 6.07) is 9.09. The number of ether oxygens (including phenoxy) is 1. The summed E-state index contributed by atoms with van der Waals surface area (Å²) >= 11 is 0. The summed E-state index contributed by atoms with van der Waals surface area (Å²) in [5.74, 6) is -0.863. The molecule has 1 aromatic carbocycles. The lowest BCUT2D eigenvalue weighted by Crippen LogP contribution is -2.57. The van der Waals surface area contributed by atoms with Crippen molar-refractivity contribution in [1.82, 2.24) is 5.32 Å². The quantitative estimate of drug-likeness (QED) is 0.876.